The van der Waals surface area contributed by atoms with E-state index in [4.69, 9.17) is 13.6 Å². The second-order valence-corrected chi connectivity index (χ2v) is 7.51. The van der Waals surface area contributed by atoms with Crippen molar-refractivity contribution in [2.24, 2.45) is 0 Å². The summed E-state index contributed by atoms with van der Waals surface area (Å²) in [5.41, 5.74) is 0.382. The van der Waals surface area contributed by atoms with E-state index >= 15 is 0 Å². The third-order valence-corrected chi connectivity index (χ3v) is 5.76. The van der Waals surface area contributed by atoms with Gasteiger partial charge in [-0.25, -0.2) is 9.59 Å². The fourth-order valence-electron chi connectivity index (χ4n) is 4.12. The van der Waals surface area contributed by atoms with Gasteiger partial charge in [-0.2, -0.15) is 0 Å². The lowest BCUT2D eigenvalue weighted by Crippen LogP contribution is -2.29. The second kappa shape index (κ2) is 6.84. The van der Waals surface area contributed by atoms with Crippen molar-refractivity contribution in [1.29, 1.82) is 0 Å². The minimum atomic E-state index is -1.56. The Bertz CT molecular complexity index is 1400. The molecule has 5 rings (SSSR count). The number of hydrogen-bond acceptors (Lipinski definition) is 6. The Kier molecular flexibility index (Phi) is 4.22. The lowest BCUT2D eigenvalue weighted by Gasteiger charge is -2.25. The summed E-state index contributed by atoms with van der Waals surface area (Å²) in [6.07, 6.45) is 1.46. The number of hydrogen-bond donors (Lipinski definition) is 1. The van der Waals surface area contributed by atoms with Gasteiger partial charge in [-0.3, -0.25) is 4.79 Å². The van der Waals surface area contributed by atoms with Crippen LogP contribution in [-0.4, -0.2) is 11.1 Å². The van der Waals surface area contributed by atoms with Crippen molar-refractivity contribution >= 4 is 27.9 Å². The largest absolute Gasteiger partial charge is 0.481 e. The number of benzene rings is 2. The third-order valence-electron chi connectivity index (χ3n) is 5.76. The summed E-state index contributed by atoms with van der Waals surface area (Å²) in [4.78, 5) is 37.9. The van der Waals surface area contributed by atoms with Gasteiger partial charge in [0.1, 0.15) is 39.7 Å². The Morgan fingerprint density at radius 2 is 1.29 bits per heavy atom. The number of rotatable bonds is 3. The van der Waals surface area contributed by atoms with Crippen LogP contribution in [0.15, 0.2) is 54.8 Å². The molecule has 0 saturated carbocycles. The summed E-state index contributed by atoms with van der Waals surface area (Å²) < 4.78 is 16.9. The molecule has 0 aliphatic carbocycles. The Labute approximate surface area is 175 Å². The van der Waals surface area contributed by atoms with Gasteiger partial charge in [0.15, 0.2) is 0 Å². The number of carboxylic acid groups (broad SMARTS) is 1. The minimum Gasteiger partial charge on any atom is -0.481 e. The van der Waals surface area contributed by atoms with E-state index in [9.17, 15) is 19.5 Å². The number of fused-ring (bicyclic) bond motifs is 6. The quantitative estimate of drug-likeness (QED) is 0.493. The third kappa shape index (κ3) is 2.77. The molecule has 0 radical (unpaired) electrons. The van der Waals surface area contributed by atoms with Crippen molar-refractivity contribution < 1.29 is 23.5 Å². The monoisotopic (exact) mass is 418 g/mol. The van der Waals surface area contributed by atoms with E-state index in [1.54, 1.807) is 12.1 Å². The number of aryl methyl sites for hydroxylation is 2. The molecule has 0 spiro atoms. The van der Waals surface area contributed by atoms with Crippen molar-refractivity contribution in [3.05, 3.63) is 79.5 Å². The van der Waals surface area contributed by atoms with E-state index in [0.29, 0.717) is 10.8 Å². The normalized spacial score (nSPS) is 13.1. The van der Waals surface area contributed by atoms with Crippen LogP contribution in [0, 0.1) is 0 Å². The van der Waals surface area contributed by atoms with Gasteiger partial charge in [0.2, 0.25) is 0 Å². The molecule has 2 aromatic carbocycles. The Hall–Kier alpha value is -3.87. The van der Waals surface area contributed by atoms with Gasteiger partial charge in [0.05, 0.1) is 10.8 Å². The second-order valence-electron chi connectivity index (χ2n) is 7.51. The van der Waals surface area contributed by atoms with E-state index in [0.717, 1.165) is 24.0 Å². The van der Waals surface area contributed by atoms with E-state index in [1.165, 1.54) is 0 Å². The first-order valence-electron chi connectivity index (χ1n) is 10.0. The van der Waals surface area contributed by atoms with E-state index < -0.39 is 23.1 Å². The van der Waals surface area contributed by atoms with E-state index in [-0.39, 0.29) is 33.8 Å². The molecule has 0 saturated heterocycles. The number of aliphatic carboxylic acids is 1. The summed E-state index contributed by atoms with van der Waals surface area (Å²) in [5, 5.41) is 11.0. The average Bonchev–Trinajstić information content (AvgIpc) is 2.77. The molecule has 0 atom stereocenters. The smallest absolute Gasteiger partial charge is 0.344 e. The first-order chi connectivity index (χ1) is 14.9. The molecule has 7 heteroatoms. The van der Waals surface area contributed by atoms with Crippen LogP contribution in [0.2, 0.25) is 0 Å². The Morgan fingerprint density at radius 3 is 1.68 bits per heavy atom. The van der Waals surface area contributed by atoms with Gasteiger partial charge < -0.3 is 18.7 Å². The van der Waals surface area contributed by atoms with Crippen LogP contribution in [0.4, 0.5) is 0 Å². The molecular formula is C24H18O7. The van der Waals surface area contributed by atoms with Gasteiger partial charge in [-0.1, -0.05) is 26.0 Å². The van der Waals surface area contributed by atoms with Crippen molar-refractivity contribution in [2.45, 2.75) is 32.6 Å². The van der Waals surface area contributed by atoms with Crippen molar-refractivity contribution in [2.75, 3.05) is 0 Å². The molecule has 1 aliphatic heterocycles. The molecule has 4 aromatic rings. The van der Waals surface area contributed by atoms with Gasteiger partial charge in [-0.05, 0) is 48.2 Å². The summed E-state index contributed by atoms with van der Waals surface area (Å²) >= 11 is 0. The SMILES string of the molecule is CCc1ccc2oc(=O)c3c(c2c1)Oc1c(c(=O)oc2ccc(CC)cc12)C3C(=O)O. The average molecular weight is 418 g/mol. The minimum absolute atomic E-state index is 0.107. The van der Waals surface area contributed by atoms with Crippen LogP contribution in [0.1, 0.15) is 42.0 Å². The highest BCUT2D eigenvalue weighted by molar-refractivity contribution is 5.95. The highest BCUT2D eigenvalue weighted by Crippen LogP contribution is 2.47. The fraction of sp³-hybridized carbons (Fsp3) is 0.208. The fourth-order valence-corrected chi connectivity index (χ4v) is 4.12. The predicted molar refractivity (Wildman–Crippen MR) is 113 cm³/mol. The number of carbonyl (C=O) groups is 1. The molecular weight excluding hydrogens is 400 g/mol. The van der Waals surface area contributed by atoms with Gasteiger partial charge in [-0.15, -0.1) is 0 Å². The number of ether oxygens (including phenoxy) is 1. The molecule has 156 valence electrons. The predicted octanol–water partition coefficient (Wildman–Crippen LogP) is 4.35. The summed E-state index contributed by atoms with van der Waals surface area (Å²) in [6.45, 7) is 3.96. The zero-order valence-corrected chi connectivity index (χ0v) is 16.9. The molecule has 7 nitrogen and oxygen atoms in total. The number of carboxylic acids is 1. The molecule has 2 aromatic heterocycles. The highest BCUT2D eigenvalue weighted by atomic mass is 16.5. The molecule has 0 unspecified atom stereocenters. The zero-order valence-electron chi connectivity index (χ0n) is 16.9. The van der Waals surface area contributed by atoms with Crippen LogP contribution in [0.5, 0.6) is 11.5 Å². The van der Waals surface area contributed by atoms with Crippen LogP contribution < -0.4 is 16.0 Å². The Morgan fingerprint density at radius 1 is 0.839 bits per heavy atom. The molecule has 0 bridgehead atoms. The molecule has 1 aliphatic rings. The van der Waals surface area contributed by atoms with Crippen molar-refractivity contribution in [3.8, 4) is 11.5 Å². The van der Waals surface area contributed by atoms with Gasteiger partial charge in [0.25, 0.3) is 0 Å². The lowest BCUT2D eigenvalue weighted by atomic mass is 9.88. The standard InChI is InChI=1S/C24H18O7/c1-3-11-5-7-15-13(9-11)20-18(23(27)29-15)17(22(25)26)19-21(31-20)14-10-12(4-2)6-8-16(14)30-24(19)28/h5-10,17H,3-4H2,1-2H3,(H,25,26). The van der Waals surface area contributed by atoms with Crippen LogP contribution in [0.3, 0.4) is 0 Å². The summed E-state index contributed by atoms with van der Waals surface area (Å²) in [5.74, 6) is -2.71. The van der Waals surface area contributed by atoms with E-state index in [2.05, 4.69) is 0 Å². The topological polar surface area (TPSA) is 107 Å². The lowest BCUT2D eigenvalue weighted by molar-refractivity contribution is -0.138. The molecule has 0 amide bonds. The first kappa shape index (κ1) is 19.1. The molecule has 31 heavy (non-hydrogen) atoms. The summed E-state index contributed by atoms with van der Waals surface area (Å²) in [6, 6.07) is 10.6. The maximum Gasteiger partial charge on any atom is 0.344 e. The van der Waals surface area contributed by atoms with Crippen molar-refractivity contribution in [3.63, 3.8) is 0 Å². The first-order valence-corrected chi connectivity index (χ1v) is 10.0. The van der Waals surface area contributed by atoms with Crippen LogP contribution in [0.25, 0.3) is 21.9 Å². The Balaban J connectivity index is 1.93. The van der Waals surface area contributed by atoms with Crippen LogP contribution in [-0.2, 0) is 17.6 Å². The van der Waals surface area contributed by atoms with Gasteiger partial charge >= 0.3 is 17.2 Å². The maximum atomic E-state index is 12.8. The van der Waals surface area contributed by atoms with Gasteiger partial charge in [0, 0.05) is 0 Å². The zero-order chi connectivity index (χ0) is 21.9. The molecule has 0 fully saturated rings. The summed E-state index contributed by atoms with van der Waals surface area (Å²) in [7, 11) is 0. The molecule has 3 heterocycles. The maximum absolute atomic E-state index is 12.8. The van der Waals surface area contributed by atoms with E-state index in [1.807, 2.05) is 38.1 Å². The van der Waals surface area contributed by atoms with Crippen LogP contribution >= 0.6 is 0 Å². The molecule has 1 N–H and O–H groups in total. The highest BCUT2D eigenvalue weighted by Gasteiger charge is 2.41. The van der Waals surface area contributed by atoms with Crippen molar-refractivity contribution in [1.82, 2.24) is 0 Å².